The second-order valence-corrected chi connectivity index (χ2v) is 4.80. The smallest absolute Gasteiger partial charge is 0.356 e. The van der Waals surface area contributed by atoms with Crippen LogP contribution in [0.25, 0.3) is 12.2 Å². The Balaban J connectivity index is 1.69. The van der Waals surface area contributed by atoms with E-state index in [1.54, 1.807) is 6.08 Å². The van der Waals surface area contributed by atoms with Gasteiger partial charge in [0.25, 0.3) is 0 Å². The molecule has 0 unspecified atom stereocenters. The van der Waals surface area contributed by atoms with Gasteiger partial charge in [-0.25, -0.2) is 9.78 Å². The Morgan fingerprint density at radius 1 is 1.25 bits per heavy atom. The maximum absolute atomic E-state index is 10.7. The molecule has 1 N–H and O–H groups in total. The van der Waals surface area contributed by atoms with Crippen molar-refractivity contribution in [1.29, 1.82) is 0 Å². The summed E-state index contributed by atoms with van der Waals surface area (Å²) in [5, 5.41) is 13.1. The number of hydrogen-bond acceptors (Lipinski definition) is 4. The van der Waals surface area contributed by atoms with Crippen molar-refractivity contribution in [1.82, 2.24) is 19.7 Å². The van der Waals surface area contributed by atoms with E-state index in [1.165, 1.54) is 31.7 Å². The number of nitrogens with zero attached hydrogens (tertiary/aromatic N) is 4. The van der Waals surface area contributed by atoms with Gasteiger partial charge in [0.05, 0.1) is 30.3 Å². The van der Waals surface area contributed by atoms with Crippen LogP contribution < -0.4 is 0 Å². The summed E-state index contributed by atoms with van der Waals surface area (Å²) in [6, 6.07) is 0.548. The maximum Gasteiger partial charge on any atom is 0.356 e. The second kappa shape index (κ2) is 5.24. The van der Waals surface area contributed by atoms with Gasteiger partial charge in [-0.1, -0.05) is 0 Å². The molecule has 6 heteroatoms. The molecule has 0 saturated heterocycles. The van der Waals surface area contributed by atoms with Gasteiger partial charge in [0.2, 0.25) is 0 Å². The first kappa shape index (κ1) is 12.5. The summed E-state index contributed by atoms with van der Waals surface area (Å²) < 4.78 is 2.00. The molecule has 0 bridgehead atoms. The fourth-order valence-electron chi connectivity index (χ4n) is 2.01. The lowest BCUT2D eigenvalue weighted by atomic mass is 9.93. The molecule has 0 aliphatic heterocycles. The van der Waals surface area contributed by atoms with Crippen molar-refractivity contribution < 1.29 is 9.90 Å². The molecule has 20 heavy (non-hydrogen) atoms. The highest BCUT2D eigenvalue weighted by atomic mass is 16.4. The van der Waals surface area contributed by atoms with Gasteiger partial charge in [0.1, 0.15) is 0 Å². The van der Waals surface area contributed by atoms with Gasteiger partial charge in [-0.05, 0) is 31.4 Å². The fraction of sp³-hybridized carbons (Fsp3) is 0.286. The summed E-state index contributed by atoms with van der Waals surface area (Å²) in [4.78, 5) is 18.5. The zero-order valence-corrected chi connectivity index (χ0v) is 10.8. The average Bonchev–Trinajstić information content (AvgIpc) is 2.83. The maximum atomic E-state index is 10.7. The van der Waals surface area contributed by atoms with E-state index in [4.69, 9.17) is 5.11 Å². The lowest BCUT2D eigenvalue weighted by Crippen LogP contribution is -2.16. The third-order valence-corrected chi connectivity index (χ3v) is 3.41. The molecule has 3 rings (SSSR count). The van der Waals surface area contributed by atoms with E-state index in [2.05, 4.69) is 15.1 Å². The predicted molar refractivity (Wildman–Crippen MR) is 73.0 cm³/mol. The first-order valence-corrected chi connectivity index (χ1v) is 6.50. The minimum atomic E-state index is -1.07. The highest BCUT2D eigenvalue weighted by Crippen LogP contribution is 2.30. The van der Waals surface area contributed by atoms with Gasteiger partial charge in [-0.15, -0.1) is 0 Å². The van der Waals surface area contributed by atoms with E-state index in [0.717, 1.165) is 5.56 Å². The number of carboxylic acids is 1. The normalized spacial score (nSPS) is 15.4. The fourth-order valence-corrected chi connectivity index (χ4v) is 2.01. The highest BCUT2D eigenvalue weighted by Gasteiger charge is 2.19. The predicted octanol–water partition coefficient (Wildman–Crippen LogP) is 2.27. The van der Waals surface area contributed by atoms with Crippen molar-refractivity contribution >= 4 is 18.1 Å². The Kier molecular flexibility index (Phi) is 3.28. The molecule has 1 aliphatic rings. The third-order valence-electron chi connectivity index (χ3n) is 3.41. The number of carboxylic acid groups (broad SMARTS) is 1. The molecule has 0 amide bonds. The van der Waals surface area contributed by atoms with Gasteiger partial charge in [0.15, 0.2) is 5.69 Å². The minimum absolute atomic E-state index is 0.0556. The molecule has 0 radical (unpaired) electrons. The molecular formula is C14H14N4O2. The molecule has 0 aromatic carbocycles. The average molecular weight is 270 g/mol. The van der Waals surface area contributed by atoms with Crippen LogP contribution in [-0.2, 0) is 0 Å². The molecule has 102 valence electrons. The molecule has 2 aromatic heterocycles. The lowest BCUT2D eigenvalue weighted by Gasteiger charge is -2.25. The molecule has 0 spiro atoms. The summed E-state index contributed by atoms with van der Waals surface area (Å²) in [7, 11) is 0. The van der Waals surface area contributed by atoms with E-state index in [9.17, 15) is 4.79 Å². The summed E-state index contributed by atoms with van der Waals surface area (Å²) >= 11 is 0. The van der Waals surface area contributed by atoms with Gasteiger partial charge >= 0.3 is 5.97 Å². The summed E-state index contributed by atoms with van der Waals surface area (Å²) in [5.41, 5.74) is 1.56. The van der Waals surface area contributed by atoms with Crippen molar-refractivity contribution in [2.45, 2.75) is 25.3 Å². The summed E-state index contributed by atoms with van der Waals surface area (Å²) in [5.74, 6) is -1.07. The Labute approximate surface area is 115 Å². The number of rotatable bonds is 4. The van der Waals surface area contributed by atoms with E-state index in [1.807, 2.05) is 23.2 Å². The SMILES string of the molecule is O=C(O)c1cnc(/C=C/c2cnn(C3CCC3)c2)cn1. The van der Waals surface area contributed by atoms with E-state index < -0.39 is 5.97 Å². The molecule has 1 aliphatic carbocycles. The van der Waals surface area contributed by atoms with Crippen LogP contribution >= 0.6 is 0 Å². The van der Waals surface area contributed by atoms with Crippen molar-refractivity contribution in [2.75, 3.05) is 0 Å². The van der Waals surface area contributed by atoms with Crippen LogP contribution in [0.4, 0.5) is 0 Å². The Morgan fingerprint density at radius 3 is 2.70 bits per heavy atom. The highest BCUT2D eigenvalue weighted by molar-refractivity contribution is 5.84. The molecule has 1 fully saturated rings. The zero-order chi connectivity index (χ0) is 13.9. The molecule has 2 aromatic rings. The van der Waals surface area contributed by atoms with E-state index in [-0.39, 0.29) is 5.69 Å². The Morgan fingerprint density at radius 2 is 2.10 bits per heavy atom. The van der Waals surface area contributed by atoms with Gasteiger partial charge in [0, 0.05) is 11.8 Å². The zero-order valence-electron chi connectivity index (χ0n) is 10.8. The lowest BCUT2D eigenvalue weighted by molar-refractivity contribution is 0.0690. The van der Waals surface area contributed by atoms with Crippen molar-refractivity contribution in [3.63, 3.8) is 0 Å². The van der Waals surface area contributed by atoms with Gasteiger partial charge in [-0.2, -0.15) is 5.10 Å². The molecule has 1 saturated carbocycles. The van der Waals surface area contributed by atoms with E-state index in [0.29, 0.717) is 11.7 Å². The summed E-state index contributed by atoms with van der Waals surface area (Å²) in [6.07, 6.45) is 13.9. The quantitative estimate of drug-likeness (QED) is 0.921. The van der Waals surface area contributed by atoms with Crippen LogP contribution in [0.3, 0.4) is 0 Å². The van der Waals surface area contributed by atoms with Crippen molar-refractivity contribution in [3.05, 3.63) is 41.7 Å². The first-order valence-electron chi connectivity index (χ1n) is 6.50. The van der Waals surface area contributed by atoms with Crippen molar-refractivity contribution in [3.8, 4) is 0 Å². The number of aromatic nitrogens is 4. The molecule has 6 nitrogen and oxygen atoms in total. The van der Waals surface area contributed by atoms with Crippen LogP contribution in [0.2, 0.25) is 0 Å². The van der Waals surface area contributed by atoms with E-state index >= 15 is 0 Å². The Hall–Kier alpha value is -2.50. The van der Waals surface area contributed by atoms with Crippen LogP contribution in [0.5, 0.6) is 0 Å². The topological polar surface area (TPSA) is 80.9 Å². The van der Waals surface area contributed by atoms with Crippen LogP contribution in [0.1, 0.15) is 47.1 Å². The third kappa shape index (κ3) is 2.59. The minimum Gasteiger partial charge on any atom is -0.476 e. The first-order chi connectivity index (χ1) is 9.72. The molecular weight excluding hydrogens is 256 g/mol. The number of aromatic carboxylic acids is 1. The van der Waals surface area contributed by atoms with Crippen molar-refractivity contribution in [2.24, 2.45) is 0 Å². The number of hydrogen-bond donors (Lipinski definition) is 1. The second-order valence-electron chi connectivity index (χ2n) is 4.80. The monoisotopic (exact) mass is 270 g/mol. The van der Waals surface area contributed by atoms with Gasteiger partial charge < -0.3 is 5.11 Å². The van der Waals surface area contributed by atoms with Crippen LogP contribution in [0.15, 0.2) is 24.8 Å². The molecule has 2 heterocycles. The largest absolute Gasteiger partial charge is 0.476 e. The number of carbonyl (C=O) groups is 1. The van der Waals surface area contributed by atoms with Crippen LogP contribution in [-0.4, -0.2) is 30.8 Å². The van der Waals surface area contributed by atoms with Gasteiger partial charge in [-0.3, -0.25) is 9.67 Å². The standard InChI is InChI=1S/C14H14N4O2/c19-14(20)13-8-15-11(7-16-13)5-4-10-6-17-18(9-10)12-2-1-3-12/h4-9,12H,1-3H2,(H,19,20)/b5-4+. The molecule has 0 atom stereocenters. The Bertz CT molecular complexity index is 641. The summed E-state index contributed by atoms with van der Waals surface area (Å²) in [6.45, 7) is 0. The van der Waals surface area contributed by atoms with Crippen LogP contribution in [0, 0.1) is 0 Å².